The molecule has 1 unspecified atom stereocenters. The molecule has 3 heteroatoms. The highest BCUT2D eigenvalue weighted by molar-refractivity contribution is 5.85. The second-order valence-electron chi connectivity index (χ2n) is 3.60. The van der Waals surface area contributed by atoms with Crippen molar-refractivity contribution in [2.45, 2.75) is 12.5 Å². The van der Waals surface area contributed by atoms with Crippen LogP contribution in [0.5, 0.6) is 0 Å². The fourth-order valence-corrected chi connectivity index (χ4v) is 1.64. The van der Waals surface area contributed by atoms with Gasteiger partial charge in [-0.1, -0.05) is 24.3 Å². The van der Waals surface area contributed by atoms with E-state index in [-0.39, 0.29) is 18.4 Å². The molecule has 1 aromatic heterocycles. The van der Waals surface area contributed by atoms with Gasteiger partial charge in [0.25, 0.3) is 0 Å². The molecule has 0 radical (unpaired) electrons. The first-order chi connectivity index (χ1) is 7.90. The molecule has 17 heavy (non-hydrogen) atoms. The Balaban J connectivity index is 0.00000144. The molecule has 0 aliphatic carbocycles. The Morgan fingerprint density at radius 1 is 1.18 bits per heavy atom. The Morgan fingerprint density at radius 3 is 2.53 bits per heavy atom. The monoisotopic (exact) mass is 249 g/mol. The van der Waals surface area contributed by atoms with Crippen molar-refractivity contribution >= 4 is 18.1 Å². The normalized spacial score (nSPS) is 11.3. The number of furan rings is 1. The van der Waals surface area contributed by atoms with E-state index in [1.54, 1.807) is 6.26 Å². The zero-order valence-electron chi connectivity index (χ0n) is 9.50. The van der Waals surface area contributed by atoms with Crippen LogP contribution in [0.3, 0.4) is 0 Å². The van der Waals surface area contributed by atoms with E-state index in [2.05, 4.69) is 11.9 Å². The molecule has 1 atom stereocenters. The minimum Gasteiger partial charge on any atom is -0.467 e. The van der Waals surface area contributed by atoms with Gasteiger partial charge in [-0.3, -0.25) is 0 Å². The van der Waals surface area contributed by atoms with Gasteiger partial charge in [0, 0.05) is 5.69 Å². The summed E-state index contributed by atoms with van der Waals surface area (Å²) in [4.78, 5) is 0. The van der Waals surface area contributed by atoms with Crippen molar-refractivity contribution in [1.29, 1.82) is 0 Å². The van der Waals surface area contributed by atoms with Gasteiger partial charge >= 0.3 is 0 Å². The third kappa shape index (κ3) is 3.68. The summed E-state index contributed by atoms with van der Waals surface area (Å²) in [6, 6.07) is 14.1. The van der Waals surface area contributed by atoms with Crippen molar-refractivity contribution in [3.05, 3.63) is 67.1 Å². The van der Waals surface area contributed by atoms with E-state index >= 15 is 0 Å². The van der Waals surface area contributed by atoms with Crippen molar-refractivity contribution in [3.63, 3.8) is 0 Å². The maximum atomic E-state index is 5.41. The SMILES string of the molecule is C=CCC(Nc1ccccc1)c1ccco1.Cl. The lowest BCUT2D eigenvalue weighted by atomic mass is 10.1. The van der Waals surface area contributed by atoms with E-state index in [4.69, 9.17) is 4.42 Å². The van der Waals surface area contributed by atoms with Crippen LogP contribution in [0.1, 0.15) is 18.2 Å². The number of para-hydroxylation sites is 1. The molecule has 0 saturated carbocycles. The third-order valence-electron chi connectivity index (χ3n) is 2.40. The minimum atomic E-state index is 0. The quantitative estimate of drug-likeness (QED) is 0.793. The summed E-state index contributed by atoms with van der Waals surface area (Å²) < 4.78 is 5.41. The maximum Gasteiger partial charge on any atom is 0.126 e. The summed E-state index contributed by atoms with van der Waals surface area (Å²) in [5, 5.41) is 3.42. The van der Waals surface area contributed by atoms with Crippen LogP contribution in [-0.2, 0) is 0 Å². The van der Waals surface area contributed by atoms with E-state index in [0.717, 1.165) is 17.9 Å². The van der Waals surface area contributed by atoms with Gasteiger partial charge in [0.2, 0.25) is 0 Å². The van der Waals surface area contributed by atoms with Crippen molar-refractivity contribution in [1.82, 2.24) is 0 Å². The van der Waals surface area contributed by atoms with Gasteiger partial charge in [-0.2, -0.15) is 0 Å². The fourth-order valence-electron chi connectivity index (χ4n) is 1.64. The molecule has 2 nitrogen and oxygen atoms in total. The molecule has 0 aliphatic rings. The molecule has 0 bridgehead atoms. The standard InChI is InChI=1S/C14H15NO.ClH/c1-2-7-13(14-10-6-11-16-14)15-12-8-4-3-5-9-12;/h2-6,8-11,13,15H,1,7H2;1H. The van der Waals surface area contributed by atoms with Gasteiger partial charge in [0.15, 0.2) is 0 Å². The second kappa shape index (κ2) is 6.81. The predicted molar refractivity (Wildman–Crippen MR) is 73.6 cm³/mol. The average molecular weight is 250 g/mol. The second-order valence-corrected chi connectivity index (χ2v) is 3.60. The lowest BCUT2D eigenvalue weighted by molar-refractivity contribution is 0.480. The van der Waals surface area contributed by atoms with Crippen molar-refractivity contribution < 1.29 is 4.42 Å². The summed E-state index contributed by atoms with van der Waals surface area (Å²) in [7, 11) is 0. The van der Waals surface area contributed by atoms with Crippen molar-refractivity contribution in [2.75, 3.05) is 5.32 Å². The van der Waals surface area contributed by atoms with Gasteiger partial charge in [-0.25, -0.2) is 0 Å². The number of hydrogen-bond donors (Lipinski definition) is 1. The van der Waals surface area contributed by atoms with Crippen molar-refractivity contribution in [3.8, 4) is 0 Å². The molecule has 0 amide bonds. The number of benzene rings is 1. The van der Waals surface area contributed by atoms with Crippen LogP contribution in [-0.4, -0.2) is 0 Å². The van der Waals surface area contributed by atoms with Crippen LogP contribution in [0, 0.1) is 0 Å². The minimum absolute atomic E-state index is 0. The van der Waals surface area contributed by atoms with Gasteiger partial charge < -0.3 is 9.73 Å². The van der Waals surface area contributed by atoms with Crippen LogP contribution in [0.4, 0.5) is 5.69 Å². The maximum absolute atomic E-state index is 5.41. The number of hydrogen-bond acceptors (Lipinski definition) is 2. The van der Waals surface area contributed by atoms with Crippen LogP contribution >= 0.6 is 12.4 Å². The first-order valence-electron chi connectivity index (χ1n) is 5.36. The average Bonchev–Trinajstić information content (AvgIpc) is 2.83. The topological polar surface area (TPSA) is 25.2 Å². The van der Waals surface area contributed by atoms with Crippen LogP contribution < -0.4 is 5.32 Å². The number of halogens is 1. The summed E-state index contributed by atoms with van der Waals surface area (Å²) in [5.74, 6) is 0.934. The zero-order chi connectivity index (χ0) is 11.2. The molecular weight excluding hydrogens is 234 g/mol. The van der Waals surface area contributed by atoms with Gasteiger partial charge in [-0.15, -0.1) is 19.0 Å². The van der Waals surface area contributed by atoms with Crippen molar-refractivity contribution in [2.24, 2.45) is 0 Å². The Hall–Kier alpha value is -1.67. The molecule has 0 spiro atoms. The first kappa shape index (κ1) is 13.4. The third-order valence-corrected chi connectivity index (χ3v) is 2.40. The molecule has 1 heterocycles. The first-order valence-corrected chi connectivity index (χ1v) is 5.36. The molecule has 2 rings (SSSR count). The zero-order valence-corrected chi connectivity index (χ0v) is 10.3. The summed E-state index contributed by atoms with van der Waals surface area (Å²) in [5.41, 5.74) is 1.09. The Labute approximate surface area is 108 Å². The molecule has 0 aliphatic heterocycles. The molecule has 1 aromatic carbocycles. The fraction of sp³-hybridized carbons (Fsp3) is 0.143. The summed E-state index contributed by atoms with van der Waals surface area (Å²) in [6.07, 6.45) is 4.42. The van der Waals surface area contributed by atoms with E-state index in [1.807, 2.05) is 48.5 Å². The van der Waals surface area contributed by atoms with E-state index in [9.17, 15) is 0 Å². The van der Waals surface area contributed by atoms with Crippen LogP contribution in [0.2, 0.25) is 0 Å². The predicted octanol–water partition coefficient (Wildman–Crippen LogP) is 4.43. The van der Waals surface area contributed by atoms with E-state index in [1.165, 1.54) is 0 Å². The van der Waals surface area contributed by atoms with E-state index in [0.29, 0.717) is 0 Å². The Morgan fingerprint density at radius 2 is 1.94 bits per heavy atom. The van der Waals surface area contributed by atoms with E-state index < -0.39 is 0 Å². The van der Waals surface area contributed by atoms with Gasteiger partial charge in [-0.05, 0) is 30.7 Å². The lowest BCUT2D eigenvalue weighted by Gasteiger charge is -2.16. The summed E-state index contributed by atoms with van der Waals surface area (Å²) >= 11 is 0. The highest BCUT2D eigenvalue weighted by Crippen LogP contribution is 2.23. The number of nitrogens with one attached hydrogen (secondary N) is 1. The Bertz CT molecular complexity index is 425. The number of anilines is 1. The molecule has 0 saturated heterocycles. The highest BCUT2D eigenvalue weighted by Gasteiger charge is 2.11. The summed E-state index contributed by atoms with van der Waals surface area (Å²) in [6.45, 7) is 3.77. The Kier molecular flexibility index (Phi) is 5.37. The smallest absolute Gasteiger partial charge is 0.126 e. The molecule has 2 aromatic rings. The van der Waals surface area contributed by atoms with Crippen LogP contribution in [0.15, 0.2) is 65.8 Å². The van der Waals surface area contributed by atoms with Gasteiger partial charge in [0.05, 0.1) is 12.3 Å². The molecule has 90 valence electrons. The highest BCUT2D eigenvalue weighted by atomic mass is 35.5. The number of rotatable bonds is 5. The van der Waals surface area contributed by atoms with Crippen LogP contribution in [0.25, 0.3) is 0 Å². The lowest BCUT2D eigenvalue weighted by Crippen LogP contribution is -2.08. The molecule has 0 fully saturated rings. The van der Waals surface area contributed by atoms with Gasteiger partial charge in [0.1, 0.15) is 5.76 Å². The molecule has 1 N–H and O–H groups in total. The molecular formula is C14H16ClNO. The largest absolute Gasteiger partial charge is 0.467 e.